The highest BCUT2D eigenvalue weighted by Crippen LogP contribution is 2.41. The topological polar surface area (TPSA) is 69.2 Å². The number of para-hydroxylation sites is 2. The Bertz CT molecular complexity index is 1010. The number of hydrogen-bond donors (Lipinski definition) is 1. The Labute approximate surface area is 187 Å². The Kier molecular flexibility index (Phi) is 7.25. The van der Waals surface area contributed by atoms with Crippen LogP contribution in [-0.4, -0.2) is 27.5 Å². The Morgan fingerprint density at radius 3 is 2.68 bits per heavy atom. The van der Waals surface area contributed by atoms with Crippen LogP contribution in [0, 0.1) is 0 Å². The molecule has 2 heterocycles. The number of hydrogen-bond acceptors (Lipinski definition) is 7. The first-order chi connectivity index (χ1) is 15.3. The fourth-order valence-corrected chi connectivity index (χ4v) is 4.17. The lowest BCUT2D eigenvalue weighted by Crippen LogP contribution is -2.18. The van der Waals surface area contributed by atoms with Gasteiger partial charge in [0.05, 0.1) is 12.2 Å². The second-order valence-corrected chi connectivity index (χ2v) is 8.44. The van der Waals surface area contributed by atoms with Crippen LogP contribution in [0.3, 0.4) is 0 Å². The third kappa shape index (κ3) is 5.10. The van der Waals surface area contributed by atoms with Crippen LogP contribution in [0.2, 0.25) is 0 Å². The van der Waals surface area contributed by atoms with Gasteiger partial charge in [-0.25, -0.2) is 0 Å². The van der Waals surface area contributed by atoms with E-state index in [1.165, 1.54) is 0 Å². The van der Waals surface area contributed by atoms with Crippen LogP contribution in [0.1, 0.15) is 51.3 Å². The zero-order valence-electron chi connectivity index (χ0n) is 18.0. The van der Waals surface area contributed by atoms with Gasteiger partial charge in [-0.3, -0.25) is 0 Å². The van der Waals surface area contributed by atoms with Gasteiger partial charge in [0.2, 0.25) is 17.3 Å². The zero-order valence-corrected chi connectivity index (χ0v) is 18.8. The van der Waals surface area contributed by atoms with Crippen LogP contribution >= 0.6 is 11.8 Å². The van der Waals surface area contributed by atoms with Crippen LogP contribution in [0.15, 0.2) is 53.7 Å². The lowest BCUT2D eigenvalue weighted by atomic mass is 10.1. The molecule has 0 radical (unpaired) electrons. The Morgan fingerprint density at radius 1 is 1.00 bits per heavy atom. The number of thioether (sulfide) groups is 1. The molecule has 0 bridgehead atoms. The molecule has 7 heteroatoms. The normalized spacial score (nSPS) is 14.6. The van der Waals surface area contributed by atoms with Crippen molar-refractivity contribution in [2.75, 3.05) is 17.7 Å². The van der Waals surface area contributed by atoms with Crippen LogP contribution in [0.25, 0.3) is 11.3 Å². The predicted octanol–water partition coefficient (Wildman–Crippen LogP) is 6.11. The van der Waals surface area contributed by atoms with Crippen molar-refractivity contribution in [3.05, 3.63) is 54.1 Å². The Hall–Kier alpha value is -2.80. The average molecular weight is 437 g/mol. The smallest absolute Gasteiger partial charge is 0.247 e. The van der Waals surface area contributed by atoms with Crippen LogP contribution in [-0.2, 0) is 0 Å². The van der Waals surface area contributed by atoms with E-state index in [1.807, 2.05) is 48.5 Å². The highest BCUT2D eigenvalue weighted by atomic mass is 32.2. The number of ether oxygens (including phenoxy) is 2. The first-order valence-corrected chi connectivity index (χ1v) is 11.9. The molecular weight excluding hydrogens is 408 g/mol. The van der Waals surface area contributed by atoms with Gasteiger partial charge in [-0.1, -0.05) is 68.8 Å². The van der Waals surface area contributed by atoms with Crippen LogP contribution < -0.4 is 14.8 Å². The van der Waals surface area contributed by atoms with Crippen molar-refractivity contribution >= 4 is 17.4 Å². The first kappa shape index (κ1) is 21.4. The van der Waals surface area contributed by atoms with E-state index >= 15 is 0 Å². The molecule has 0 fully saturated rings. The van der Waals surface area contributed by atoms with Gasteiger partial charge in [-0.15, -0.1) is 10.2 Å². The van der Waals surface area contributed by atoms with Gasteiger partial charge in [0, 0.05) is 17.0 Å². The van der Waals surface area contributed by atoms with Crippen LogP contribution in [0.4, 0.5) is 5.69 Å². The summed E-state index contributed by atoms with van der Waals surface area (Å²) in [7, 11) is 0. The number of aromatic nitrogens is 3. The van der Waals surface area contributed by atoms with E-state index in [-0.39, 0.29) is 0 Å². The van der Waals surface area contributed by atoms with Gasteiger partial charge in [0.1, 0.15) is 5.75 Å². The summed E-state index contributed by atoms with van der Waals surface area (Å²) < 4.78 is 12.5. The van der Waals surface area contributed by atoms with E-state index in [1.54, 1.807) is 11.8 Å². The molecule has 2 aromatic carbocycles. The lowest BCUT2D eigenvalue weighted by Gasteiger charge is -2.22. The van der Waals surface area contributed by atoms with Crippen molar-refractivity contribution in [3.8, 4) is 22.9 Å². The molecule has 1 aliphatic rings. The SMILES string of the molecule is CCCCOc1ccccc1C1Nc2ccccc2-c2nnc(SCCCC)nc2O1. The molecule has 1 aliphatic heterocycles. The summed E-state index contributed by atoms with van der Waals surface area (Å²) in [6, 6.07) is 16.0. The van der Waals surface area contributed by atoms with Crippen LogP contribution in [0.5, 0.6) is 11.6 Å². The summed E-state index contributed by atoms with van der Waals surface area (Å²) >= 11 is 1.61. The molecule has 0 saturated carbocycles. The molecule has 0 saturated heterocycles. The van der Waals surface area contributed by atoms with Crippen molar-refractivity contribution < 1.29 is 9.47 Å². The minimum absolute atomic E-state index is 0.453. The fraction of sp³-hybridized carbons (Fsp3) is 0.375. The maximum absolute atomic E-state index is 6.40. The maximum atomic E-state index is 6.40. The second kappa shape index (κ2) is 10.5. The van der Waals surface area contributed by atoms with Crippen molar-refractivity contribution in [1.29, 1.82) is 0 Å². The molecule has 31 heavy (non-hydrogen) atoms. The van der Waals surface area contributed by atoms with E-state index in [9.17, 15) is 0 Å². The molecule has 4 rings (SSSR count). The lowest BCUT2D eigenvalue weighted by molar-refractivity contribution is 0.215. The van der Waals surface area contributed by atoms with E-state index in [2.05, 4.69) is 29.4 Å². The predicted molar refractivity (Wildman–Crippen MR) is 125 cm³/mol. The first-order valence-electron chi connectivity index (χ1n) is 10.9. The van der Waals surface area contributed by atoms with Gasteiger partial charge in [0.25, 0.3) is 0 Å². The number of nitrogens with zero attached hydrogens (tertiary/aromatic N) is 3. The largest absolute Gasteiger partial charge is 0.493 e. The molecule has 162 valence electrons. The summed E-state index contributed by atoms with van der Waals surface area (Å²) in [6.45, 7) is 5.00. The van der Waals surface area contributed by atoms with Crippen molar-refractivity contribution in [2.24, 2.45) is 0 Å². The van der Waals surface area contributed by atoms with Crippen molar-refractivity contribution in [1.82, 2.24) is 15.2 Å². The van der Waals surface area contributed by atoms with Crippen molar-refractivity contribution in [3.63, 3.8) is 0 Å². The van der Waals surface area contributed by atoms with E-state index in [0.717, 1.165) is 54.0 Å². The van der Waals surface area contributed by atoms with Gasteiger partial charge in [-0.2, -0.15) is 4.98 Å². The number of fused-ring (bicyclic) bond motifs is 3. The molecular formula is C24H28N4O2S. The maximum Gasteiger partial charge on any atom is 0.247 e. The standard InChI is InChI=1S/C24H28N4O2S/c1-3-5-15-29-20-14-10-8-12-18(20)22-25-19-13-9-7-11-17(19)21-23(30-22)26-24(28-27-21)31-16-6-4-2/h7-14,22,25H,3-6,15-16H2,1-2H3. The number of rotatable bonds is 9. The molecule has 1 atom stereocenters. The number of unbranched alkanes of at least 4 members (excludes halogenated alkanes) is 2. The monoisotopic (exact) mass is 436 g/mol. The van der Waals surface area contributed by atoms with Gasteiger partial charge >= 0.3 is 0 Å². The third-order valence-electron chi connectivity index (χ3n) is 5.02. The number of anilines is 1. The zero-order chi connectivity index (χ0) is 21.5. The average Bonchev–Trinajstić information content (AvgIpc) is 2.96. The molecule has 1 N–H and O–H groups in total. The Morgan fingerprint density at radius 2 is 1.81 bits per heavy atom. The second-order valence-electron chi connectivity index (χ2n) is 7.38. The van der Waals surface area contributed by atoms with E-state index < -0.39 is 6.23 Å². The molecule has 3 aromatic rings. The quantitative estimate of drug-likeness (QED) is 0.320. The van der Waals surface area contributed by atoms with Gasteiger partial charge in [-0.05, 0) is 31.0 Å². The summed E-state index contributed by atoms with van der Waals surface area (Å²) in [5, 5.41) is 13.0. The minimum Gasteiger partial charge on any atom is -0.493 e. The summed E-state index contributed by atoms with van der Waals surface area (Å²) in [5.74, 6) is 2.26. The summed E-state index contributed by atoms with van der Waals surface area (Å²) in [6.07, 6.45) is 3.89. The highest BCUT2D eigenvalue weighted by molar-refractivity contribution is 7.99. The molecule has 6 nitrogen and oxygen atoms in total. The number of nitrogens with one attached hydrogen (secondary N) is 1. The number of benzene rings is 2. The third-order valence-corrected chi connectivity index (χ3v) is 5.94. The molecule has 0 spiro atoms. The van der Waals surface area contributed by atoms with E-state index in [4.69, 9.17) is 14.5 Å². The van der Waals surface area contributed by atoms with Crippen molar-refractivity contribution in [2.45, 2.75) is 50.9 Å². The molecule has 1 unspecified atom stereocenters. The highest BCUT2D eigenvalue weighted by Gasteiger charge is 2.27. The summed E-state index contributed by atoms with van der Waals surface area (Å²) in [4.78, 5) is 4.71. The molecule has 1 aromatic heterocycles. The fourth-order valence-electron chi connectivity index (χ4n) is 3.31. The van der Waals surface area contributed by atoms with Gasteiger partial charge in [0.15, 0.2) is 5.69 Å². The summed E-state index contributed by atoms with van der Waals surface area (Å²) in [5.41, 5.74) is 3.43. The Balaban J connectivity index is 1.70. The van der Waals surface area contributed by atoms with Gasteiger partial charge < -0.3 is 14.8 Å². The minimum atomic E-state index is -0.453. The molecule has 0 aliphatic carbocycles. The molecule has 0 amide bonds. The van der Waals surface area contributed by atoms with E-state index in [0.29, 0.717) is 23.3 Å².